The van der Waals surface area contributed by atoms with Crippen molar-refractivity contribution >= 4 is 22.8 Å². The number of hydrogen-bond donors (Lipinski definition) is 3. The van der Waals surface area contributed by atoms with E-state index in [4.69, 9.17) is 9.84 Å². The molecule has 0 bridgehead atoms. The average Bonchev–Trinajstić information content (AvgIpc) is 3.67. The molecule has 9 nitrogen and oxygen atoms in total. The number of halogens is 3. The zero-order valence-electron chi connectivity index (χ0n) is 20.7. The number of nitrogens with zero attached hydrogens (tertiary/aromatic N) is 3. The number of hydrogen-bond acceptors (Lipinski definition) is 6. The number of fused-ring (bicyclic) bond motifs is 1. The maximum absolute atomic E-state index is 14.8. The number of alkyl halides is 3. The van der Waals surface area contributed by atoms with Crippen molar-refractivity contribution in [3.8, 4) is 17.0 Å². The van der Waals surface area contributed by atoms with Crippen LogP contribution in [0.5, 0.6) is 5.75 Å². The number of aromatic amines is 1. The van der Waals surface area contributed by atoms with E-state index in [1.54, 1.807) is 6.92 Å². The Morgan fingerprint density at radius 2 is 2.05 bits per heavy atom. The third-order valence-corrected chi connectivity index (χ3v) is 7.03. The van der Waals surface area contributed by atoms with E-state index in [9.17, 15) is 22.8 Å². The monoisotopic (exact) mass is 531 g/mol. The van der Waals surface area contributed by atoms with E-state index in [0.717, 1.165) is 12.8 Å². The molecule has 0 spiro atoms. The molecular weight excluding hydrogens is 503 g/mol. The zero-order chi connectivity index (χ0) is 27.0. The van der Waals surface area contributed by atoms with E-state index in [0.29, 0.717) is 40.7 Å². The van der Waals surface area contributed by atoms with Crippen LogP contribution in [0.1, 0.15) is 47.3 Å². The van der Waals surface area contributed by atoms with Crippen LogP contribution in [0.25, 0.3) is 22.3 Å². The topological polar surface area (TPSA) is 120 Å². The van der Waals surface area contributed by atoms with E-state index in [1.807, 2.05) is 0 Å². The summed E-state index contributed by atoms with van der Waals surface area (Å²) in [6.07, 6.45) is -0.647. The maximum atomic E-state index is 14.8. The molecular formula is C26H28F3N5O4. The molecule has 1 aliphatic carbocycles. The molecule has 0 unspecified atom stereocenters. The van der Waals surface area contributed by atoms with E-state index in [-0.39, 0.29) is 36.2 Å². The molecule has 2 fully saturated rings. The third-order valence-electron chi connectivity index (χ3n) is 7.03. The van der Waals surface area contributed by atoms with Crippen molar-refractivity contribution in [3.63, 3.8) is 0 Å². The summed E-state index contributed by atoms with van der Waals surface area (Å²) in [7, 11) is 0. The first-order valence-electron chi connectivity index (χ1n) is 12.5. The van der Waals surface area contributed by atoms with Crippen LogP contribution in [0, 0.1) is 12.8 Å². The first kappa shape index (κ1) is 26.0. The minimum absolute atomic E-state index is 0.183. The third kappa shape index (κ3) is 5.17. The Labute approximate surface area is 216 Å². The Morgan fingerprint density at radius 3 is 2.74 bits per heavy atom. The first-order valence-corrected chi connectivity index (χ1v) is 12.5. The van der Waals surface area contributed by atoms with Gasteiger partial charge in [0.25, 0.3) is 12.3 Å². The predicted octanol–water partition coefficient (Wildman–Crippen LogP) is 3.32. The van der Waals surface area contributed by atoms with E-state index < -0.39 is 37.1 Å². The predicted molar refractivity (Wildman–Crippen MR) is 132 cm³/mol. The molecule has 2 atom stereocenters. The van der Waals surface area contributed by atoms with Crippen LogP contribution in [0.15, 0.2) is 24.5 Å². The molecule has 1 saturated carbocycles. The number of piperidine rings is 1. The van der Waals surface area contributed by atoms with Gasteiger partial charge in [-0.05, 0) is 50.3 Å². The lowest BCUT2D eigenvalue weighted by Crippen LogP contribution is -2.54. The standard InChI is InChI=1S/C26H28F3N5O4/c1-13-21(26(37)33-18-6-7-34(9-17(18)27)20(36)10-35)23-24(32-13)22(30-12-31-23)16-8-15(25(28)29)4-5-19(16)38-11-14-2-3-14/h4-5,8,12,14,17-18,25,32,35H,2-3,6-7,9-11H2,1H3,(H,33,37)/t17-,18-/m1/s1. The SMILES string of the molecule is Cc1[nH]c2c(-c3cc(C(F)F)ccc3OCC3CC3)ncnc2c1C(=O)N[C@@H]1CCN(C(=O)CO)C[C@H]1F. The molecule has 1 aliphatic heterocycles. The quantitative estimate of drug-likeness (QED) is 0.410. The van der Waals surface area contributed by atoms with Gasteiger partial charge < -0.3 is 25.0 Å². The van der Waals surface area contributed by atoms with Gasteiger partial charge in [0.2, 0.25) is 5.91 Å². The molecule has 1 saturated heterocycles. The normalized spacial score (nSPS) is 19.7. The van der Waals surface area contributed by atoms with Crippen molar-refractivity contribution in [3.05, 3.63) is 41.3 Å². The molecule has 1 aromatic carbocycles. The van der Waals surface area contributed by atoms with Crippen LogP contribution in [-0.2, 0) is 4.79 Å². The fourth-order valence-electron chi connectivity index (χ4n) is 4.72. The summed E-state index contributed by atoms with van der Waals surface area (Å²) in [5.74, 6) is -0.270. The van der Waals surface area contributed by atoms with Gasteiger partial charge >= 0.3 is 0 Å². The summed E-state index contributed by atoms with van der Waals surface area (Å²) < 4.78 is 47.8. The second-order valence-corrected chi connectivity index (χ2v) is 9.76. The number of carbonyl (C=O) groups excluding carboxylic acids is 2. The molecule has 202 valence electrons. The number of likely N-dealkylation sites (tertiary alicyclic amines) is 1. The van der Waals surface area contributed by atoms with Crippen LogP contribution in [0.2, 0.25) is 0 Å². The fourth-order valence-corrected chi connectivity index (χ4v) is 4.72. The molecule has 0 radical (unpaired) electrons. The Hall–Kier alpha value is -3.67. The fraction of sp³-hybridized carbons (Fsp3) is 0.462. The number of aryl methyl sites for hydroxylation is 1. The molecule has 2 aliphatic rings. The van der Waals surface area contributed by atoms with Crippen molar-refractivity contribution in [1.82, 2.24) is 25.2 Å². The second-order valence-electron chi connectivity index (χ2n) is 9.76. The van der Waals surface area contributed by atoms with Crippen molar-refractivity contribution < 1.29 is 32.6 Å². The number of ether oxygens (including phenoxy) is 1. The first-order chi connectivity index (χ1) is 18.3. The summed E-state index contributed by atoms with van der Waals surface area (Å²) in [5, 5.41) is 11.7. The van der Waals surface area contributed by atoms with Gasteiger partial charge in [-0.3, -0.25) is 9.59 Å². The largest absolute Gasteiger partial charge is 0.493 e. The van der Waals surface area contributed by atoms with E-state index in [1.165, 1.54) is 29.4 Å². The number of amides is 2. The maximum Gasteiger partial charge on any atom is 0.263 e. The zero-order valence-corrected chi connectivity index (χ0v) is 20.7. The second kappa shape index (κ2) is 10.6. The number of aliphatic hydroxyl groups is 1. The summed E-state index contributed by atoms with van der Waals surface area (Å²) in [6, 6.07) is 3.33. The molecule has 2 aromatic heterocycles. The van der Waals surface area contributed by atoms with Gasteiger partial charge in [0.15, 0.2) is 0 Å². The lowest BCUT2D eigenvalue weighted by Gasteiger charge is -2.34. The molecule has 3 aromatic rings. The van der Waals surface area contributed by atoms with E-state index in [2.05, 4.69) is 20.3 Å². The van der Waals surface area contributed by atoms with Crippen molar-refractivity contribution in [1.29, 1.82) is 0 Å². The Kier molecular flexibility index (Phi) is 7.24. The smallest absolute Gasteiger partial charge is 0.263 e. The minimum Gasteiger partial charge on any atom is -0.493 e. The Bertz CT molecular complexity index is 1360. The number of carbonyl (C=O) groups is 2. The number of aliphatic hydroxyl groups excluding tert-OH is 1. The lowest BCUT2D eigenvalue weighted by atomic mass is 10.0. The highest BCUT2D eigenvalue weighted by Crippen LogP contribution is 2.38. The van der Waals surface area contributed by atoms with Gasteiger partial charge in [-0.1, -0.05) is 0 Å². The van der Waals surface area contributed by atoms with Crippen molar-refractivity contribution in [2.75, 3.05) is 26.3 Å². The lowest BCUT2D eigenvalue weighted by molar-refractivity contribution is -0.136. The number of H-pyrrole nitrogens is 1. The van der Waals surface area contributed by atoms with Crippen LogP contribution in [-0.4, -0.2) is 75.3 Å². The van der Waals surface area contributed by atoms with Crippen LogP contribution in [0.4, 0.5) is 13.2 Å². The Balaban J connectivity index is 1.45. The van der Waals surface area contributed by atoms with Gasteiger partial charge in [-0.2, -0.15) is 0 Å². The van der Waals surface area contributed by atoms with Gasteiger partial charge in [0.05, 0.1) is 30.3 Å². The molecule has 12 heteroatoms. The number of rotatable bonds is 8. The van der Waals surface area contributed by atoms with Gasteiger partial charge in [-0.25, -0.2) is 23.1 Å². The number of nitrogens with one attached hydrogen (secondary N) is 2. The van der Waals surface area contributed by atoms with Crippen molar-refractivity contribution in [2.45, 2.75) is 44.8 Å². The molecule has 38 heavy (non-hydrogen) atoms. The van der Waals surface area contributed by atoms with Crippen LogP contribution in [0.3, 0.4) is 0 Å². The van der Waals surface area contributed by atoms with Crippen LogP contribution < -0.4 is 10.1 Å². The molecule has 2 amide bonds. The van der Waals surface area contributed by atoms with Gasteiger partial charge in [-0.15, -0.1) is 0 Å². The average molecular weight is 532 g/mol. The summed E-state index contributed by atoms with van der Waals surface area (Å²) in [4.78, 5) is 37.9. The molecule has 3 N–H and O–H groups in total. The molecule has 3 heterocycles. The minimum atomic E-state index is -2.69. The summed E-state index contributed by atoms with van der Waals surface area (Å²) >= 11 is 0. The van der Waals surface area contributed by atoms with Gasteiger partial charge in [0, 0.05) is 23.4 Å². The molecule has 5 rings (SSSR count). The highest BCUT2D eigenvalue weighted by molar-refractivity contribution is 6.09. The van der Waals surface area contributed by atoms with E-state index >= 15 is 0 Å². The summed E-state index contributed by atoms with van der Waals surface area (Å²) in [6.45, 7) is 1.41. The van der Waals surface area contributed by atoms with Crippen molar-refractivity contribution in [2.24, 2.45) is 5.92 Å². The highest BCUT2D eigenvalue weighted by Gasteiger charge is 2.33. The van der Waals surface area contributed by atoms with Gasteiger partial charge in [0.1, 0.15) is 36.1 Å². The van der Waals surface area contributed by atoms with Crippen LogP contribution >= 0.6 is 0 Å². The Morgan fingerprint density at radius 1 is 1.26 bits per heavy atom. The number of aromatic nitrogens is 3. The highest BCUT2D eigenvalue weighted by atomic mass is 19.3. The summed E-state index contributed by atoms with van der Waals surface area (Å²) in [5.41, 5.74) is 1.76. The number of benzene rings is 1.